The van der Waals surface area contributed by atoms with Crippen molar-refractivity contribution in [1.29, 1.82) is 0 Å². The Balaban J connectivity index is 1.32. The van der Waals surface area contributed by atoms with Crippen molar-refractivity contribution in [2.24, 2.45) is 5.92 Å². The molecule has 164 valence electrons. The summed E-state index contributed by atoms with van der Waals surface area (Å²) in [4.78, 5) is 15.3. The molecule has 0 spiro atoms. The molecule has 31 heavy (non-hydrogen) atoms. The Kier molecular flexibility index (Phi) is 5.87. The van der Waals surface area contributed by atoms with Gasteiger partial charge in [0, 0.05) is 18.5 Å². The fourth-order valence-corrected chi connectivity index (χ4v) is 4.74. The number of nitrogens with zero attached hydrogens (tertiary/aromatic N) is 1. The van der Waals surface area contributed by atoms with Gasteiger partial charge in [-0.3, -0.25) is 4.79 Å². The Morgan fingerprint density at radius 3 is 2.58 bits per heavy atom. The first kappa shape index (κ1) is 20.0. The van der Waals surface area contributed by atoms with Crippen molar-refractivity contribution in [3.63, 3.8) is 0 Å². The van der Waals surface area contributed by atoms with Crippen LogP contribution in [0.5, 0.6) is 23.0 Å². The van der Waals surface area contributed by atoms with Crippen LogP contribution < -0.4 is 18.9 Å². The van der Waals surface area contributed by atoms with Gasteiger partial charge in [0.05, 0.1) is 6.54 Å². The number of amides is 1. The number of fused-ring (bicyclic) bond motifs is 2. The Hall–Kier alpha value is -2.89. The van der Waals surface area contributed by atoms with Gasteiger partial charge in [-0.1, -0.05) is 43.5 Å². The molecular weight excluding hydrogens is 394 g/mol. The molecule has 1 fully saturated rings. The smallest absolute Gasteiger partial charge is 0.231 e. The van der Waals surface area contributed by atoms with Gasteiger partial charge < -0.3 is 23.8 Å². The van der Waals surface area contributed by atoms with Crippen molar-refractivity contribution >= 4 is 5.91 Å². The maximum Gasteiger partial charge on any atom is 0.231 e. The second-order valence-corrected chi connectivity index (χ2v) is 8.63. The molecule has 2 aromatic rings. The van der Waals surface area contributed by atoms with E-state index in [1.54, 1.807) is 0 Å². The van der Waals surface area contributed by atoms with Crippen LogP contribution in [-0.2, 0) is 11.3 Å². The van der Waals surface area contributed by atoms with Gasteiger partial charge >= 0.3 is 0 Å². The van der Waals surface area contributed by atoms with E-state index in [4.69, 9.17) is 18.9 Å². The van der Waals surface area contributed by atoms with Gasteiger partial charge in [-0.25, -0.2) is 0 Å². The number of benzene rings is 2. The average Bonchev–Trinajstić information content (AvgIpc) is 3.29. The maximum atomic E-state index is 13.4. The van der Waals surface area contributed by atoms with Crippen molar-refractivity contribution < 1.29 is 23.7 Å². The molecule has 2 aromatic carbocycles. The third-order valence-corrected chi connectivity index (χ3v) is 6.37. The number of hydrogen-bond donors (Lipinski definition) is 0. The van der Waals surface area contributed by atoms with Crippen LogP contribution in [0.2, 0.25) is 0 Å². The molecule has 2 aliphatic heterocycles. The summed E-state index contributed by atoms with van der Waals surface area (Å²) in [6.45, 7) is 1.60. The zero-order chi connectivity index (χ0) is 21.0. The summed E-state index contributed by atoms with van der Waals surface area (Å²) in [5.41, 5.74) is 0.962. The van der Waals surface area contributed by atoms with Crippen LogP contribution in [-0.4, -0.2) is 36.9 Å². The molecule has 0 unspecified atom stereocenters. The topological polar surface area (TPSA) is 57.2 Å². The highest BCUT2D eigenvalue weighted by Gasteiger charge is 2.29. The Morgan fingerprint density at radius 1 is 0.903 bits per heavy atom. The van der Waals surface area contributed by atoms with E-state index < -0.39 is 0 Å². The summed E-state index contributed by atoms with van der Waals surface area (Å²) in [5, 5.41) is 0. The summed E-state index contributed by atoms with van der Waals surface area (Å²) < 4.78 is 23.2. The minimum absolute atomic E-state index is 0.172. The van der Waals surface area contributed by atoms with Gasteiger partial charge in [0.1, 0.15) is 6.61 Å². The van der Waals surface area contributed by atoms with Gasteiger partial charge in [-0.15, -0.1) is 0 Å². The first-order valence-electron chi connectivity index (χ1n) is 11.3. The second kappa shape index (κ2) is 9.08. The number of hydrogen-bond acceptors (Lipinski definition) is 5. The molecule has 6 nitrogen and oxygen atoms in total. The lowest BCUT2D eigenvalue weighted by molar-refractivity contribution is -0.134. The number of carbonyl (C=O) groups excluding carboxylic acids is 1. The van der Waals surface area contributed by atoms with Crippen LogP contribution in [0.15, 0.2) is 42.5 Å². The molecule has 0 N–H and O–H groups in total. The van der Waals surface area contributed by atoms with Crippen LogP contribution in [0.25, 0.3) is 0 Å². The van der Waals surface area contributed by atoms with Crippen molar-refractivity contribution in [2.45, 2.75) is 51.2 Å². The molecule has 5 rings (SSSR count). The van der Waals surface area contributed by atoms with E-state index in [0.717, 1.165) is 41.4 Å². The van der Waals surface area contributed by atoms with E-state index in [1.807, 2.05) is 47.4 Å². The minimum atomic E-state index is -0.209. The third-order valence-electron chi connectivity index (χ3n) is 6.37. The zero-order valence-corrected chi connectivity index (χ0v) is 17.8. The highest BCUT2D eigenvalue weighted by atomic mass is 16.7. The predicted octanol–water partition coefficient (Wildman–Crippen LogP) is 4.55. The fourth-order valence-electron chi connectivity index (χ4n) is 4.74. The monoisotopic (exact) mass is 423 g/mol. The van der Waals surface area contributed by atoms with E-state index in [-0.39, 0.29) is 18.8 Å². The lowest BCUT2D eigenvalue weighted by atomic mass is 9.86. The first-order chi connectivity index (χ1) is 15.3. The fraction of sp³-hybridized carbons (Fsp3) is 0.480. The zero-order valence-electron chi connectivity index (χ0n) is 17.8. The SMILES string of the molecule is O=C(CC1CCCCC1)N(Cc1cccc2c1OCO2)C[C@@H]1COc2ccccc2O1. The van der Waals surface area contributed by atoms with Crippen LogP contribution in [0.1, 0.15) is 44.1 Å². The predicted molar refractivity (Wildman–Crippen MR) is 116 cm³/mol. The van der Waals surface area contributed by atoms with Gasteiger partial charge in [-0.2, -0.15) is 0 Å². The van der Waals surface area contributed by atoms with Crippen molar-refractivity contribution in [1.82, 2.24) is 4.90 Å². The van der Waals surface area contributed by atoms with Crippen LogP contribution >= 0.6 is 0 Å². The largest absolute Gasteiger partial charge is 0.486 e. The molecule has 2 heterocycles. The van der Waals surface area contributed by atoms with Crippen molar-refractivity contribution in [3.8, 4) is 23.0 Å². The lowest BCUT2D eigenvalue weighted by Gasteiger charge is -2.32. The molecule has 1 atom stereocenters. The standard InChI is InChI=1S/C25H29NO5/c27-24(13-18-7-2-1-3-8-18)26(14-19-9-6-12-23-25(19)30-17-29-23)15-20-16-28-21-10-4-5-11-22(21)31-20/h4-6,9-12,18,20H,1-3,7-8,13-17H2/t20-/m1/s1. The first-order valence-corrected chi connectivity index (χ1v) is 11.3. The molecule has 0 radical (unpaired) electrons. The molecule has 1 amide bonds. The van der Waals surface area contributed by atoms with Crippen molar-refractivity contribution in [3.05, 3.63) is 48.0 Å². The van der Waals surface area contributed by atoms with E-state index >= 15 is 0 Å². The Morgan fingerprint density at radius 2 is 1.71 bits per heavy atom. The summed E-state index contributed by atoms with van der Waals surface area (Å²) in [7, 11) is 0. The van der Waals surface area contributed by atoms with E-state index in [0.29, 0.717) is 32.0 Å². The number of ether oxygens (including phenoxy) is 4. The summed E-state index contributed by atoms with van der Waals surface area (Å²) in [6, 6.07) is 13.5. The molecule has 0 aromatic heterocycles. The number of para-hydroxylation sites is 3. The number of rotatable bonds is 6. The van der Waals surface area contributed by atoms with E-state index in [9.17, 15) is 4.79 Å². The minimum Gasteiger partial charge on any atom is -0.486 e. The van der Waals surface area contributed by atoms with Crippen LogP contribution in [0, 0.1) is 5.92 Å². The van der Waals surface area contributed by atoms with Gasteiger partial charge in [0.25, 0.3) is 0 Å². The van der Waals surface area contributed by atoms with Crippen molar-refractivity contribution in [2.75, 3.05) is 19.9 Å². The van der Waals surface area contributed by atoms with E-state index in [2.05, 4.69) is 0 Å². The molecule has 1 aliphatic carbocycles. The molecule has 0 bridgehead atoms. The van der Waals surface area contributed by atoms with Gasteiger partial charge in [0.2, 0.25) is 12.7 Å². The van der Waals surface area contributed by atoms with Gasteiger partial charge in [0.15, 0.2) is 29.1 Å². The Labute approximate surface area is 183 Å². The maximum absolute atomic E-state index is 13.4. The summed E-state index contributed by atoms with van der Waals surface area (Å²) >= 11 is 0. The average molecular weight is 424 g/mol. The Bertz CT molecular complexity index is 924. The molecule has 6 heteroatoms. The lowest BCUT2D eigenvalue weighted by Crippen LogP contribution is -2.43. The van der Waals surface area contributed by atoms with Crippen LogP contribution in [0.4, 0.5) is 0 Å². The molecular formula is C25H29NO5. The van der Waals surface area contributed by atoms with Gasteiger partial charge in [-0.05, 0) is 37.0 Å². The molecule has 3 aliphatic rings. The number of carbonyl (C=O) groups is 1. The highest BCUT2D eigenvalue weighted by molar-refractivity contribution is 5.76. The third kappa shape index (κ3) is 4.58. The quantitative estimate of drug-likeness (QED) is 0.682. The second-order valence-electron chi connectivity index (χ2n) is 8.63. The summed E-state index contributed by atoms with van der Waals surface area (Å²) in [6.07, 6.45) is 6.42. The van der Waals surface area contributed by atoms with Crippen LogP contribution in [0.3, 0.4) is 0 Å². The highest BCUT2D eigenvalue weighted by Crippen LogP contribution is 2.37. The normalized spacial score (nSPS) is 19.8. The summed E-state index contributed by atoms with van der Waals surface area (Å²) in [5.74, 6) is 3.62. The molecule has 1 saturated carbocycles. The van der Waals surface area contributed by atoms with E-state index in [1.165, 1.54) is 19.3 Å². The molecule has 0 saturated heterocycles.